The number of nitrogens with zero attached hydrogens (tertiary/aromatic N) is 2. The number of aromatic nitrogens is 1. The molecule has 2 fully saturated rings. The number of aliphatic hydroxyl groups is 1. The van der Waals surface area contributed by atoms with Crippen LogP contribution in [0.3, 0.4) is 0 Å². The van der Waals surface area contributed by atoms with Crippen molar-refractivity contribution in [3.05, 3.63) is 58.9 Å². The Kier molecular flexibility index (Phi) is 5.15. The SMILES string of the molecule is CC(CN1C[C@@H]2CC(O)(Cc3ccccc3Cl)C[C@@H]2C1)c1ccc(O)cn1. The number of pyridine rings is 1. The van der Waals surface area contributed by atoms with E-state index in [1.54, 1.807) is 6.07 Å². The first-order valence-electron chi connectivity index (χ1n) is 9.75. The highest BCUT2D eigenvalue weighted by Gasteiger charge is 2.48. The Labute approximate surface area is 165 Å². The van der Waals surface area contributed by atoms with Crippen LogP contribution in [0.2, 0.25) is 5.02 Å². The van der Waals surface area contributed by atoms with E-state index in [-0.39, 0.29) is 5.75 Å². The largest absolute Gasteiger partial charge is 0.506 e. The lowest BCUT2D eigenvalue weighted by molar-refractivity contribution is 0.0353. The molecule has 0 radical (unpaired) electrons. The van der Waals surface area contributed by atoms with E-state index in [1.165, 1.54) is 6.20 Å². The summed E-state index contributed by atoms with van der Waals surface area (Å²) in [6.07, 6.45) is 3.86. The third kappa shape index (κ3) is 4.13. The molecule has 0 amide bonds. The maximum absolute atomic E-state index is 11.1. The van der Waals surface area contributed by atoms with E-state index in [1.807, 2.05) is 30.3 Å². The van der Waals surface area contributed by atoms with Gasteiger partial charge in [0, 0.05) is 42.7 Å². The lowest BCUT2D eigenvalue weighted by Gasteiger charge is -2.27. The predicted octanol–water partition coefficient (Wildman–Crippen LogP) is 3.86. The molecular formula is C22H27ClN2O2. The second-order valence-corrected chi connectivity index (χ2v) is 8.89. The van der Waals surface area contributed by atoms with Crippen LogP contribution >= 0.6 is 11.6 Å². The summed E-state index contributed by atoms with van der Waals surface area (Å²) in [6, 6.07) is 11.4. The lowest BCUT2D eigenvalue weighted by Crippen LogP contribution is -2.33. The monoisotopic (exact) mass is 386 g/mol. The van der Waals surface area contributed by atoms with Crippen molar-refractivity contribution in [3.8, 4) is 5.75 Å². The van der Waals surface area contributed by atoms with Gasteiger partial charge in [-0.05, 0) is 48.4 Å². The predicted molar refractivity (Wildman–Crippen MR) is 107 cm³/mol. The molecule has 0 spiro atoms. The summed E-state index contributed by atoms with van der Waals surface area (Å²) in [5, 5.41) is 21.3. The molecule has 4 rings (SSSR count). The first-order valence-corrected chi connectivity index (χ1v) is 10.1. The molecule has 2 heterocycles. The normalized spacial score (nSPS) is 29.0. The van der Waals surface area contributed by atoms with E-state index >= 15 is 0 Å². The average Bonchev–Trinajstić information content (AvgIpc) is 3.11. The number of halogens is 1. The van der Waals surface area contributed by atoms with E-state index in [0.29, 0.717) is 24.2 Å². The van der Waals surface area contributed by atoms with Crippen molar-refractivity contribution in [2.75, 3.05) is 19.6 Å². The zero-order valence-corrected chi connectivity index (χ0v) is 16.4. The molecule has 1 aromatic carbocycles. The van der Waals surface area contributed by atoms with Crippen molar-refractivity contribution < 1.29 is 10.2 Å². The highest BCUT2D eigenvalue weighted by molar-refractivity contribution is 6.31. The van der Waals surface area contributed by atoms with E-state index < -0.39 is 5.60 Å². The van der Waals surface area contributed by atoms with Crippen molar-refractivity contribution in [3.63, 3.8) is 0 Å². The standard InChI is InChI=1S/C22H27ClN2O2/c1-15(21-7-6-19(26)11-24-21)12-25-13-17-9-22(27,10-18(17)14-25)8-16-4-2-3-5-20(16)23/h2-7,11,15,17-18,26-27H,8-10,12-14H2,1H3/t15?,17-,18+,22?. The summed E-state index contributed by atoms with van der Waals surface area (Å²) in [4.78, 5) is 6.85. The second kappa shape index (κ2) is 7.42. The van der Waals surface area contributed by atoms with Gasteiger partial charge in [0.15, 0.2) is 0 Å². The van der Waals surface area contributed by atoms with Crippen LogP contribution in [-0.2, 0) is 6.42 Å². The molecule has 2 N–H and O–H groups in total. The van der Waals surface area contributed by atoms with Crippen LogP contribution in [0.4, 0.5) is 0 Å². The first-order chi connectivity index (χ1) is 12.9. The van der Waals surface area contributed by atoms with Gasteiger partial charge < -0.3 is 15.1 Å². The molecule has 0 bridgehead atoms. The summed E-state index contributed by atoms with van der Waals surface area (Å²) in [6.45, 7) is 5.23. The molecule has 1 saturated carbocycles. The number of fused-ring (bicyclic) bond motifs is 1. The van der Waals surface area contributed by atoms with Crippen LogP contribution in [0.5, 0.6) is 5.75 Å². The molecule has 144 valence electrons. The van der Waals surface area contributed by atoms with Gasteiger partial charge >= 0.3 is 0 Å². The molecule has 4 atom stereocenters. The van der Waals surface area contributed by atoms with Gasteiger partial charge in [0.2, 0.25) is 0 Å². The van der Waals surface area contributed by atoms with Gasteiger partial charge in [-0.25, -0.2) is 0 Å². The topological polar surface area (TPSA) is 56.6 Å². The third-order valence-corrected chi connectivity index (χ3v) is 6.59. The van der Waals surface area contributed by atoms with Gasteiger partial charge in [-0.3, -0.25) is 4.98 Å². The smallest absolute Gasteiger partial charge is 0.133 e. The minimum absolute atomic E-state index is 0.208. The molecule has 2 aliphatic rings. The fourth-order valence-corrected chi connectivity index (χ4v) is 5.22. The Balaban J connectivity index is 1.34. The average molecular weight is 387 g/mol. The molecule has 27 heavy (non-hydrogen) atoms. The van der Waals surface area contributed by atoms with E-state index in [4.69, 9.17) is 11.6 Å². The molecule has 5 heteroatoms. The van der Waals surface area contributed by atoms with Crippen LogP contribution in [0.1, 0.15) is 36.9 Å². The van der Waals surface area contributed by atoms with Crippen molar-refractivity contribution in [1.29, 1.82) is 0 Å². The maximum Gasteiger partial charge on any atom is 0.133 e. The summed E-state index contributed by atoms with van der Waals surface area (Å²) < 4.78 is 0. The number of hydrogen-bond acceptors (Lipinski definition) is 4. The Bertz CT molecular complexity index is 781. The van der Waals surface area contributed by atoms with Crippen molar-refractivity contribution in [2.24, 2.45) is 11.8 Å². The fourth-order valence-electron chi connectivity index (χ4n) is 5.02. The van der Waals surface area contributed by atoms with Gasteiger partial charge in [0.1, 0.15) is 5.75 Å². The Morgan fingerprint density at radius 1 is 1.19 bits per heavy atom. The van der Waals surface area contributed by atoms with Gasteiger partial charge in [0.25, 0.3) is 0 Å². The number of aromatic hydroxyl groups is 1. The van der Waals surface area contributed by atoms with Gasteiger partial charge in [-0.15, -0.1) is 0 Å². The molecule has 2 aromatic rings. The first kappa shape index (κ1) is 18.7. The number of rotatable bonds is 5. The van der Waals surface area contributed by atoms with Crippen LogP contribution in [0, 0.1) is 11.8 Å². The summed E-state index contributed by atoms with van der Waals surface area (Å²) in [7, 11) is 0. The Morgan fingerprint density at radius 2 is 1.89 bits per heavy atom. The van der Waals surface area contributed by atoms with Crippen molar-refractivity contribution in [2.45, 2.75) is 37.7 Å². The lowest BCUT2D eigenvalue weighted by atomic mass is 9.91. The third-order valence-electron chi connectivity index (χ3n) is 6.22. The summed E-state index contributed by atoms with van der Waals surface area (Å²) >= 11 is 6.29. The van der Waals surface area contributed by atoms with E-state index in [9.17, 15) is 10.2 Å². The van der Waals surface area contributed by atoms with E-state index in [0.717, 1.165) is 48.8 Å². The van der Waals surface area contributed by atoms with Crippen LogP contribution < -0.4 is 0 Å². The molecule has 1 aromatic heterocycles. The highest BCUT2D eigenvalue weighted by Crippen LogP contribution is 2.46. The van der Waals surface area contributed by atoms with Gasteiger partial charge in [0.05, 0.1) is 11.8 Å². The Hall–Kier alpha value is -1.62. The van der Waals surface area contributed by atoms with Crippen LogP contribution in [0.25, 0.3) is 0 Å². The molecule has 1 aliphatic heterocycles. The van der Waals surface area contributed by atoms with Crippen molar-refractivity contribution in [1.82, 2.24) is 9.88 Å². The summed E-state index contributed by atoms with van der Waals surface area (Å²) in [5.74, 6) is 1.64. The zero-order valence-electron chi connectivity index (χ0n) is 15.7. The molecule has 1 aliphatic carbocycles. The molecular weight excluding hydrogens is 360 g/mol. The minimum Gasteiger partial charge on any atom is -0.506 e. The Morgan fingerprint density at radius 3 is 2.52 bits per heavy atom. The zero-order chi connectivity index (χ0) is 19.0. The quantitative estimate of drug-likeness (QED) is 0.819. The summed E-state index contributed by atoms with van der Waals surface area (Å²) in [5.41, 5.74) is 1.43. The second-order valence-electron chi connectivity index (χ2n) is 8.48. The van der Waals surface area contributed by atoms with Crippen molar-refractivity contribution >= 4 is 11.6 Å². The van der Waals surface area contributed by atoms with E-state index in [2.05, 4.69) is 16.8 Å². The fraction of sp³-hybridized carbons (Fsp3) is 0.500. The number of hydrogen-bond donors (Lipinski definition) is 2. The van der Waals surface area contributed by atoms with Gasteiger partial charge in [-0.1, -0.05) is 36.7 Å². The molecule has 1 saturated heterocycles. The highest BCUT2D eigenvalue weighted by atomic mass is 35.5. The van der Waals surface area contributed by atoms with Gasteiger partial charge in [-0.2, -0.15) is 0 Å². The minimum atomic E-state index is -0.628. The number of likely N-dealkylation sites (tertiary alicyclic amines) is 1. The number of benzene rings is 1. The molecule has 4 nitrogen and oxygen atoms in total. The van der Waals surface area contributed by atoms with Crippen LogP contribution in [0.15, 0.2) is 42.6 Å². The van der Waals surface area contributed by atoms with Crippen LogP contribution in [-0.4, -0.2) is 45.3 Å². The molecule has 2 unspecified atom stereocenters. The maximum atomic E-state index is 11.1.